The molecule has 1 aliphatic heterocycles. The molecule has 9 rings (SSSR count). The number of H-pyrrole nitrogens is 1. The van der Waals surface area contributed by atoms with Gasteiger partial charge in [-0.15, -0.1) is 0 Å². The zero-order valence-electron chi connectivity index (χ0n) is 43.6. The number of hydrogen-bond donors (Lipinski definition) is 8. The molecule has 75 heavy (non-hydrogen) atoms. The second-order valence-electron chi connectivity index (χ2n) is 21.1. The van der Waals surface area contributed by atoms with Crippen LogP contribution in [0.25, 0.3) is 10.8 Å². The third-order valence-electron chi connectivity index (χ3n) is 16.3. The molecule has 0 radical (unpaired) electrons. The van der Waals surface area contributed by atoms with Crippen molar-refractivity contribution < 1.29 is 49.6 Å². The molecule has 0 amide bonds. The highest BCUT2D eigenvalue weighted by atomic mass is 33.1. The first-order valence-corrected chi connectivity index (χ1v) is 29.1. The second kappa shape index (κ2) is 24.4. The molecular formula is C61H74N2O10S2. The highest BCUT2D eigenvalue weighted by Crippen LogP contribution is 2.52. The number of benzene rings is 5. The van der Waals surface area contributed by atoms with Gasteiger partial charge >= 0.3 is 0 Å². The normalized spacial score (nSPS) is 25.5. The number of fused-ring (bicyclic) bond motifs is 2. The number of carbonyl (C=O) groups is 1. The minimum atomic E-state index is -1.68. The number of aliphatic hydroxyl groups is 3. The molecule has 2 heterocycles. The lowest BCUT2D eigenvalue weighted by Gasteiger charge is -2.49. The van der Waals surface area contributed by atoms with Crippen LogP contribution in [0, 0.1) is 23.7 Å². The van der Waals surface area contributed by atoms with Crippen molar-refractivity contribution in [3.05, 3.63) is 147 Å². The number of nitrogens with one attached hydrogen (secondary N) is 2. The van der Waals surface area contributed by atoms with Crippen LogP contribution in [0.4, 0.5) is 0 Å². The van der Waals surface area contributed by atoms with Gasteiger partial charge in [-0.2, -0.15) is 0 Å². The topological polar surface area (TPSA) is 194 Å². The maximum atomic E-state index is 16.7. The van der Waals surface area contributed by atoms with E-state index in [0.29, 0.717) is 78.9 Å². The molecule has 2 saturated carbocycles. The minimum absolute atomic E-state index is 0.00653. The Morgan fingerprint density at radius 1 is 0.893 bits per heavy atom. The van der Waals surface area contributed by atoms with Gasteiger partial charge in [0.05, 0.1) is 42.7 Å². The highest BCUT2D eigenvalue weighted by molar-refractivity contribution is 8.76. The molecule has 3 aliphatic rings. The number of Topliss-reactive ketones (excluding diaryl/α,β-unsaturated/α-hetero) is 1. The lowest BCUT2D eigenvalue weighted by molar-refractivity contribution is -0.149. The first-order valence-electron chi connectivity index (χ1n) is 26.8. The van der Waals surface area contributed by atoms with Crippen LogP contribution in [-0.2, 0) is 53.6 Å². The molecular weight excluding hydrogens is 985 g/mol. The smallest absolute Gasteiger partial charge is 0.164 e. The lowest BCUT2D eigenvalue weighted by atomic mass is 9.55. The standard InChI is InChI=1S/C61H74N2O10S2/c1-5-40-14-15-41-10-8-12-48-54(33-64)75-74-35-44-27-55(68)61(45-22-39(31-62-3)23-46(65)28-45,30-36-13-17-51(66)53(25-36)73-47-11-7-9-38(24-47)34-72-6-2)60(70)57(44)58(69)43(21-37-19-20-63-32-37)26-42-16-18-52(67)59(71-4)50(42)29-49(40)56(41)48/h8,10,12-20,22-23,25,28,32,38,43-44,47,54-55,57-58,62-69H,5-7,9,11,21,24,26-27,29-31,33-35H2,1-4H3. The molecule has 2 aliphatic carbocycles. The number of ether oxygens (including phenoxy) is 3. The Hall–Kier alpha value is -5.19. The first-order chi connectivity index (χ1) is 36.4. The summed E-state index contributed by atoms with van der Waals surface area (Å²) in [6.07, 6.45) is 6.68. The van der Waals surface area contributed by atoms with E-state index >= 15 is 4.79 Å². The quantitative estimate of drug-likeness (QED) is 0.0454. The van der Waals surface area contributed by atoms with Gasteiger partial charge in [-0.25, -0.2) is 0 Å². The van der Waals surface area contributed by atoms with E-state index in [1.54, 1.807) is 50.6 Å². The zero-order chi connectivity index (χ0) is 52.8. The van der Waals surface area contributed by atoms with Gasteiger partial charge in [0.25, 0.3) is 0 Å². The van der Waals surface area contributed by atoms with Crippen LogP contribution in [-0.4, -0.2) is 99.4 Å². The number of rotatable bonds is 15. The molecule has 0 saturated heterocycles. The number of ketones is 1. The number of carbonyl (C=O) groups excluding carboxylic acids is 1. The van der Waals surface area contributed by atoms with Crippen molar-refractivity contribution in [1.82, 2.24) is 10.3 Å². The third kappa shape index (κ3) is 11.6. The van der Waals surface area contributed by atoms with Gasteiger partial charge in [0, 0.05) is 55.8 Å². The molecule has 9 atom stereocenters. The monoisotopic (exact) mass is 1060 g/mol. The van der Waals surface area contributed by atoms with E-state index in [0.717, 1.165) is 76.3 Å². The maximum Gasteiger partial charge on any atom is 0.164 e. The maximum absolute atomic E-state index is 16.7. The molecule has 8 N–H and O–H groups in total. The van der Waals surface area contributed by atoms with Crippen molar-refractivity contribution in [1.29, 1.82) is 0 Å². The van der Waals surface area contributed by atoms with Gasteiger partial charge in [0.2, 0.25) is 0 Å². The van der Waals surface area contributed by atoms with Gasteiger partial charge in [-0.05, 0) is 181 Å². The molecule has 0 bridgehead atoms. The number of aromatic amines is 1. The van der Waals surface area contributed by atoms with Gasteiger partial charge in [-0.3, -0.25) is 4.79 Å². The number of methoxy groups -OCH3 is 1. The Labute approximate surface area is 449 Å². The van der Waals surface area contributed by atoms with E-state index in [-0.39, 0.29) is 53.8 Å². The van der Waals surface area contributed by atoms with Crippen molar-refractivity contribution in [2.45, 2.75) is 114 Å². The van der Waals surface area contributed by atoms with E-state index in [1.807, 2.05) is 43.6 Å². The summed E-state index contributed by atoms with van der Waals surface area (Å²) in [5, 5.41) is 77.0. The van der Waals surface area contributed by atoms with Crippen LogP contribution in [0.3, 0.4) is 0 Å². The van der Waals surface area contributed by atoms with Crippen molar-refractivity contribution in [3.63, 3.8) is 0 Å². The summed E-state index contributed by atoms with van der Waals surface area (Å²) < 4.78 is 18.4. The molecule has 2 fully saturated rings. The summed E-state index contributed by atoms with van der Waals surface area (Å²) in [5.41, 5.74) is 5.86. The summed E-state index contributed by atoms with van der Waals surface area (Å²) in [6.45, 7) is 5.63. The number of aliphatic hydroxyl groups excluding tert-OH is 3. The summed E-state index contributed by atoms with van der Waals surface area (Å²) >= 11 is 0. The summed E-state index contributed by atoms with van der Waals surface area (Å²) in [4.78, 5) is 19.8. The van der Waals surface area contributed by atoms with Crippen molar-refractivity contribution in [2.24, 2.45) is 23.7 Å². The van der Waals surface area contributed by atoms with Crippen LogP contribution in [0.15, 0.2) is 97.3 Å². The number of phenols is 3. The Bertz CT molecular complexity index is 2910. The highest BCUT2D eigenvalue weighted by Gasteiger charge is 2.58. The molecule has 0 spiro atoms. The fraction of sp³-hybridized carbons (Fsp3) is 0.459. The molecule has 1 aromatic heterocycles. The Morgan fingerprint density at radius 3 is 2.49 bits per heavy atom. The Kier molecular flexibility index (Phi) is 17.8. The molecule has 12 nitrogen and oxygen atoms in total. The zero-order valence-corrected chi connectivity index (χ0v) is 45.2. The van der Waals surface area contributed by atoms with Gasteiger partial charge in [0.1, 0.15) is 5.75 Å². The SMILES string of the molecule is CCOCC1CCCC(Oc2cc(CC3(c4cc(O)cc(CNC)c4)C(=O)C4C(CSSC(CO)c5cccc6ccc(CC)c(c56)Cc5c(ccc(O)c5OC)CC(Cc5cc[nH]c5)C4O)CC3O)ccc2O)C1. The number of hydrogen-bond acceptors (Lipinski definition) is 13. The van der Waals surface area contributed by atoms with E-state index < -0.39 is 35.4 Å². The summed E-state index contributed by atoms with van der Waals surface area (Å²) in [7, 11) is 6.43. The van der Waals surface area contributed by atoms with Crippen LogP contribution in [0.5, 0.6) is 28.7 Å². The molecule has 14 heteroatoms. The first kappa shape index (κ1) is 54.6. The Balaban J connectivity index is 1.19. The molecule has 6 aromatic rings. The van der Waals surface area contributed by atoms with Gasteiger partial charge in [0.15, 0.2) is 28.8 Å². The third-order valence-corrected chi connectivity index (χ3v) is 19.2. The number of phenolic OH excluding ortho intramolecular Hbond substituents is 3. The Morgan fingerprint density at radius 2 is 1.73 bits per heavy atom. The predicted octanol–water partition coefficient (Wildman–Crippen LogP) is 10.1. The van der Waals surface area contributed by atoms with Crippen molar-refractivity contribution in [2.75, 3.05) is 39.7 Å². The van der Waals surface area contributed by atoms with Gasteiger partial charge < -0.3 is 55.2 Å². The number of aromatic nitrogens is 1. The summed E-state index contributed by atoms with van der Waals surface area (Å²) in [5.74, 6) is -1.19. The fourth-order valence-electron chi connectivity index (χ4n) is 12.7. The molecule has 9 unspecified atom stereocenters. The average molecular weight is 1060 g/mol. The second-order valence-corrected chi connectivity index (χ2v) is 23.7. The fourth-order valence-corrected chi connectivity index (χ4v) is 15.6. The number of aryl methyl sites for hydroxylation is 1. The van der Waals surface area contributed by atoms with E-state index in [1.165, 1.54) is 21.6 Å². The largest absolute Gasteiger partial charge is 0.508 e. The van der Waals surface area contributed by atoms with E-state index in [9.17, 15) is 30.6 Å². The average Bonchev–Trinajstić information content (AvgIpc) is 3.92. The lowest BCUT2D eigenvalue weighted by Crippen LogP contribution is -2.61. The molecule has 5 aromatic carbocycles. The van der Waals surface area contributed by atoms with E-state index in [2.05, 4.69) is 41.5 Å². The van der Waals surface area contributed by atoms with Crippen molar-refractivity contribution in [3.8, 4) is 28.7 Å². The van der Waals surface area contributed by atoms with Crippen LogP contribution < -0.4 is 14.8 Å². The van der Waals surface area contributed by atoms with Gasteiger partial charge in [-0.1, -0.05) is 77.0 Å². The van der Waals surface area contributed by atoms with Crippen molar-refractivity contribution >= 4 is 38.1 Å². The van der Waals surface area contributed by atoms with Crippen LogP contribution in [0.2, 0.25) is 0 Å². The number of aromatic hydroxyl groups is 3. The minimum Gasteiger partial charge on any atom is -0.508 e. The predicted molar refractivity (Wildman–Crippen MR) is 298 cm³/mol. The van der Waals surface area contributed by atoms with Crippen LogP contribution >= 0.6 is 21.6 Å². The van der Waals surface area contributed by atoms with E-state index in [4.69, 9.17) is 14.2 Å². The summed E-state index contributed by atoms with van der Waals surface area (Å²) in [6, 6.07) is 26.2. The molecule has 400 valence electrons. The van der Waals surface area contributed by atoms with Crippen LogP contribution in [0.1, 0.15) is 101 Å².